The van der Waals surface area contributed by atoms with E-state index in [0.29, 0.717) is 17.9 Å². The number of benzene rings is 2. The molecule has 0 heterocycles. The molecule has 7 nitrogen and oxygen atoms in total. The van der Waals surface area contributed by atoms with Gasteiger partial charge in [0.2, 0.25) is 0 Å². The van der Waals surface area contributed by atoms with Crippen LogP contribution in [0, 0.1) is 11.6 Å². The SMILES string of the molecule is CCOc1ccc(C(=O)NCC(=O)OCC(=O)Nc2ccc(F)c(F)c2)cc1. The van der Waals surface area contributed by atoms with Gasteiger partial charge in [0, 0.05) is 17.3 Å². The van der Waals surface area contributed by atoms with Gasteiger partial charge in [-0.1, -0.05) is 0 Å². The molecule has 0 radical (unpaired) electrons. The van der Waals surface area contributed by atoms with Crippen molar-refractivity contribution in [2.75, 3.05) is 25.1 Å². The number of nitrogens with one attached hydrogen (secondary N) is 2. The molecule has 0 fully saturated rings. The molecule has 0 unspecified atom stereocenters. The first-order chi connectivity index (χ1) is 13.4. The van der Waals surface area contributed by atoms with E-state index in [-0.39, 0.29) is 5.69 Å². The van der Waals surface area contributed by atoms with Crippen LogP contribution in [0.1, 0.15) is 17.3 Å². The maximum Gasteiger partial charge on any atom is 0.325 e. The molecular formula is C19H18F2N2O5. The van der Waals surface area contributed by atoms with Crippen LogP contribution in [0.15, 0.2) is 42.5 Å². The van der Waals surface area contributed by atoms with Crippen molar-refractivity contribution >= 4 is 23.5 Å². The summed E-state index contributed by atoms with van der Waals surface area (Å²) < 4.78 is 35.9. The lowest BCUT2D eigenvalue weighted by Crippen LogP contribution is -2.32. The molecule has 0 aliphatic heterocycles. The summed E-state index contributed by atoms with van der Waals surface area (Å²) in [5.41, 5.74) is 0.344. The Morgan fingerprint density at radius 2 is 1.71 bits per heavy atom. The molecule has 2 rings (SSSR count). The monoisotopic (exact) mass is 392 g/mol. The Balaban J connectivity index is 1.73. The molecule has 28 heavy (non-hydrogen) atoms. The van der Waals surface area contributed by atoms with E-state index in [2.05, 4.69) is 10.6 Å². The van der Waals surface area contributed by atoms with Crippen LogP contribution in [0.3, 0.4) is 0 Å². The number of carbonyl (C=O) groups is 3. The molecular weight excluding hydrogens is 374 g/mol. The van der Waals surface area contributed by atoms with Crippen LogP contribution in [-0.2, 0) is 14.3 Å². The van der Waals surface area contributed by atoms with Gasteiger partial charge in [0.1, 0.15) is 12.3 Å². The zero-order valence-electron chi connectivity index (χ0n) is 15.0. The summed E-state index contributed by atoms with van der Waals surface area (Å²) in [7, 11) is 0. The first-order valence-electron chi connectivity index (χ1n) is 8.30. The third-order valence-corrected chi connectivity index (χ3v) is 3.39. The average Bonchev–Trinajstić information content (AvgIpc) is 2.68. The molecule has 148 valence electrons. The van der Waals surface area contributed by atoms with Crippen LogP contribution >= 0.6 is 0 Å². The third-order valence-electron chi connectivity index (χ3n) is 3.39. The fourth-order valence-electron chi connectivity index (χ4n) is 2.09. The van der Waals surface area contributed by atoms with E-state index in [1.165, 1.54) is 0 Å². The molecule has 0 saturated carbocycles. The molecule has 0 aliphatic carbocycles. The van der Waals surface area contributed by atoms with Crippen molar-refractivity contribution in [2.45, 2.75) is 6.92 Å². The van der Waals surface area contributed by atoms with Crippen LogP contribution in [0.4, 0.5) is 14.5 Å². The van der Waals surface area contributed by atoms with Crippen molar-refractivity contribution in [3.63, 3.8) is 0 Å². The van der Waals surface area contributed by atoms with Gasteiger partial charge in [-0.25, -0.2) is 8.78 Å². The van der Waals surface area contributed by atoms with Crippen LogP contribution in [0.5, 0.6) is 5.75 Å². The van der Waals surface area contributed by atoms with Crippen molar-refractivity contribution in [3.8, 4) is 5.75 Å². The lowest BCUT2D eigenvalue weighted by atomic mass is 10.2. The quantitative estimate of drug-likeness (QED) is 0.673. The number of hydrogen-bond acceptors (Lipinski definition) is 5. The Morgan fingerprint density at radius 3 is 2.36 bits per heavy atom. The molecule has 2 aromatic carbocycles. The number of anilines is 1. The molecule has 0 spiro atoms. The van der Waals surface area contributed by atoms with Crippen molar-refractivity contribution in [1.29, 1.82) is 0 Å². The minimum absolute atomic E-state index is 0.0174. The van der Waals surface area contributed by atoms with Gasteiger partial charge in [0.15, 0.2) is 18.2 Å². The molecule has 2 aromatic rings. The summed E-state index contributed by atoms with van der Waals surface area (Å²) in [4.78, 5) is 35.2. The number of hydrogen-bond donors (Lipinski definition) is 2. The standard InChI is InChI=1S/C19H18F2N2O5/c1-2-27-14-6-3-12(4-7-14)19(26)22-10-18(25)28-11-17(24)23-13-5-8-15(20)16(21)9-13/h3-9H,2,10-11H2,1H3,(H,22,26)(H,23,24). The lowest BCUT2D eigenvalue weighted by molar-refractivity contribution is -0.146. The van der Waals surface area contributed by atoms with Gasteiger partial charge in [-0.05, 0) is 43.3 Å². The summed E-state index contributed by atoms with van der Waals surface area (Å²) in [6.45, 7) is 1.26. The minimum atomic E-state index is -1.12. The number of esters is 1. The van der Waals surface area contributed by atoms with Crippen molar-refractivity contribution in [2.24, 2.45) is 0 Å². The van der Waals surface area contributed by atoms with E-state index >= 15 is 0 Å². The highest BCUT2D eigenvalue weighted by Gasteiger charge is 2.12. The van der Waals surface area contributed by atoms with Crippen molar-refractivity contribution in [3.05, 3.63) is 59.7 Å². The van der Waals surface area contributed by atoms with Gasteiger partial charge in [-0.2, -0.15) is 0 Å². The number of amides is 2. The third kappa shape index (κ3) is 6.35. The Hall–Kier alpha value is -3.49. The van der Waals surface area contributed by atoms with Crippen molar-refractivity contribution < 1.29 is 32.6 Å². The molecule has 0 atom stereocenters. The van der Waals surface area contributed by atoms with Crippen LogP contribution in [0.25, 0.3) is 0 Å². The van der Waals surface area contributed by atoms with Gasteiger partial charge in [0.25, 0.3) is 11.8 Å². The predicted octanol–water partition coefficient (Wildman–Crippen LogP) is 2.28. The summed E-state index contributed by atoms with van der Waals surface area (Å²) in [6, 6.07) is 9.15. The normalized spacial score (nSPS) is 10.1. The van der Waals surface area contributed by atoms with Crippen LogP contribution in [0.2, 0.25) is 0 Å². The maximum absolute atomic E-state index is 13.1. The second-order valence-corrected chi connectivity index (χ2v) is 5.48. The van der Waals surface area contributed by atoms with E-state index < -0.39 is 42.6 Å². The second kappa shape index (κ2) is 10.0. The van der Waals surface area contributed by atoms with E-state index in [4.69, 9.17) is 9.47 Å². The zero-order valence-corrected chi connectivity index (χ0v) is 15.0. The Morgan fingerprint density at radius 1 is 1.00 bits per heavy atom. The lowest BCUT2D eigenvalue weighted by Gasteiger charge is -2.08. The molecule has 0 aromatic heterocycles. The van der Waals surface area contributed by atoms with E-state index in [1.807, 2.05) is 6.92 Å². The largest absolute Gasteiger partial charge is 0.494 e. The first kappa shape index (κ1) is 20.8. The van der Waals surface area contributed by atoms with Gasteiger partial charge in [-0.3, -0.25) is 14.4 Å². The summed E-state index contributed by atoms with van der Waals surface area (Å²) >= 11 is 0. The second-order valence-electron chi connectivity index (χ2n) is 5.48. The van der Waals surface area contributed by atoms with Crippen molar-refractivity contribution in [1.82, 2.24) is 5.32 Å². The number of halogens is 2. The fourth-order valence-corrected chi connectivity index (χ4v) is 2.09. The number of carbonyl (C=O) groups excluding carboxylic acids is 3. The van der Waals surface area contributed by atoms with Gasteiger partial charge in [0.05, 0.1) is 6.61 Å². The van der Waals surface area contributed by atoms with E-state index in [1.54, 1.807) is 24.3 Å². The summed E-state index contributed by atoms with van der Waals surface area (Å²) in [5, 5.41) is 4.61. The number of ether oxygens (including phenoxy) is 2. The van der Waals surface area contributed by atoms with Gasteiger partial charge >= 0.3 is 5.97 Å². The zero-order chi connectivity index (χ0) is 20.5. The summed E-state index contributed by atoms with van der Waals surface area (Å²) in [6.07, 6.45) is 0. The average molecular weight is 392 g/mol. The molecule has 9 heteroatoms. The molecule has 2 N–H and O–H groups in total. The highest BCUT2D eigenvalue weighted by Crippen LogP contribution is 2.13. The highest BCUT2D eigenvalue weighted by molar-refractivity contribution is 5.96. The molecule has 2 amide bonds. The van der Waals surface area contributed by atoms with Crippen LogP contribution in [-0.4, -0.2) is 37.5 Å². The summed E-state index contributed by atoms with van der Waals surface area (Å²) in [5.74, 6) is -3.62. The Labute approximate surface area is 159 Å². The van der Waals surface area contributed by atoms with E-state index in [0.717, 1.165) is 18.2 Å². The fraction of sp³-hybridized carbons (Fsp3) is 0.211. The molecule has 0 aliphatic rings. The Bertz CT molecular complexity index is 856. The van der Waals surface area contributed by atoms with Crippen LogP contribution < -0.4 is 15.4 Å². The highest BCUT2D eigenvalue weighted by atomic mass is 19.2. The number of rotatable bonds is 8. The van der Waals surface area contributed by atoms with Gasteiger partial charge < -0.3 is 20.1 Å². The predicted molar refractivity (Wildman–Crippen MR) is 95.9 cm³/mol. The Kier molecular flexibility index (Phi) is 7.44. The smallest absolute Gasteiger partial charge is 0.325 e. The maximum atomic E-state index is 13.1. The van der Waals surface area contributed by atoms with E-state index in [9.17, 15) is 23.2 Å². The minimum Gasteiger partial charge on any atom is -0.494 e. The molecule has 0 bridgehead atoms. The first-order valence-corrected chi connectivity index (χ1v) is 8.30. The topological polar surface area (TPSA) is 93.7 Å². The van der Waals surface area contributed by atoms with Gasteiger partial charge in [-0.15, -0.1) is 0 Å². The molecule has 0 saturated heterocycles.